The molecular formula is C16H19NO3. The highest BCUT2D eigenvalue weighted by molar-refractivity contribution is 5.84. The van der Waals surface area contributed by atoms with Crippen molar-refractivity contribution in [3.63, 3.8) is 0 Å². The second-order valence-corrected chi connectivity index (χ2v) is 5.14. The number of carboxylic acids is 1. The van der Waals surface area contributed by atoms with Crippen molar-refractivity contribution >= 4 is 11.7 Å². The Morgan fingerprint density at radius 3 is 2.50 bits per heavy atom. The van der Waals surface area contributed by atoms with E-state index in [1.165, 1.54) is 11.1 Å². The molecule has 4 nitrogen and oxygen atoms in total. The normalized spacial score (nSPS) is 10.6. The van der Waals surface area contributed by atoms with Gasteiger partial charge in [-0.3, -0.25) is 0 Å². The Morgan fingerprint density at radius 1 is 1.25 bits per heavy atom. The van der Waals surface area contributed by atoms with Crippen LogP contribution in [0.15, 0.2) is 28.7 Å². The standard InChI is InChI=1S/C16H19NO3/c1-10-5-6-14(11(2)7-10)17(4)9-13-8-15(16(18)19)20-12(13)3/h5-8H,9H2,1-4H3,(H,18,19). The summed E-state index contributed by atoms with van der Waals surface area (Å²) < 4.78 is 5.24. The van der Waals surface area contributed by atoms with Gasteiger partial charge < -0.3 is 14.4 Å². The van der Waals surface area contributed by atoms with Crippen LogP contribution >= 0.6 is 0 Å². The maximum Gasteiger partial charge on any atom is 0.371 e. The molecule has 0 fully saturated rings. The monoisotopic (exact) mass is 273 g/mol. The first-order valence-electron chi connectivity index (χ1n) is 6.49. The number of benzene rings is 1. The third kappa shape index (κ3) is 2.85. The van der Waals surface area contributed by atoms with E-state index in [2.05, 4.69) is 36.9 Å². The van der Waals surface area contributed by atoms with Crippen LogP contribution in [-0.2, 0) is 6.54 Å². The van der Waals surface area contributed by atoms with Gasteiger partial charge in [-0.05, 0) is 38.5 Å². The van der Waals surface area contributed by atoms with Gasteiger partial charge in [-0.1, -0.05) is 17.7 Å². The van der Waals surface area contributed by atoms with Crippen LogP contribution in [0.2, 0.25) is 0 Å². The molecule has 0 radical (unpaired) electrons. The molecule has 1 aromatic carbocycles. The average molecular weight is 273 g/mol. The first-order valence-corrected chi connectivity index (χ1v) is 6.49. The lowest BCUT2D eigenvalue weighted by atomic mass is 10.1. The van der Waals surface area contributed by atoms with Crippen molar-refractivity contribution in [1.29, 1.82) is 0 Å². The minimum atomic E-state index is -1.03. The molecule has 2 rings (SSSR count). The Hall–Kier alpha value is -2.23. The minimum Gasteiger partial charge on any atom is -0.475 e. The molecule has 1 aromatic heterocycles. The number of carbonyl (C=O) groups is 1. The smallest absolute Gasteiger partial charge is 0.371 e. The number of hydrogen-bond acceptors (Lipinski definition) is 3. The summed E-state index contributed by atoms with van der Waals surface area (Å²) in [7, 11) is 1.99. The summed E-state index contributed by atoms with van der Waals surface area (Å²) in [6.07, 6.45) is 0. The summed E-state index contributed by atoms with van der Waals surface area (Å²) in [5.41, 5.74) is 4.46. The van der Waals surface area contributed by atoms with Gasteiger partial charge in [0, 0.05) is 24.8 Å². The number of aryl methyl sites for hydroxylation is 3. The van der Waals surface area contributed by atoms with E-state index in [0.717, 1.165) is 11.3 Å². The van der Waals surface area contributed by atoms with Crippen molar-refractivity contribution in [2.45, 2.75) is 27.3 Å². The van der Waals surface area contributed by atoms with Crippen LogP contribution in [0.4, 0.5) is 5.69 Å². The van der Waals surface area contributed by atoms with E-state index in [0.29, 0.717) is 12.3 Å². The maximum atomic E-state index is 10.9. The first-order chi connectivity index (χ1) is 9.38. The SMILES string of the molecule is Cc1ccc(N(C)Cc2cc(C(=O)O)oc2C)c(C)c1. The van der Waals surface area contributed by atoms with Gasteiger partial charge in [0.1, 0.15) is 5.76 Å². The van der Waals surface area contributed by atoms with Gasteiger partial charge >= 0.3 is 5.97 Å². The van der Waals surface area contributed by atoms with E-state index >= 15 is 0 Å². The molecule has 0 aliphatic rings. The lowest BCUT2D eigenvalue weighted by Crippen LogP contribution is -2.17. The molecule has 1 N–H and O–H groups in total. The van der Waals surface area contributed by atoms with E-state index in [1.807, 2.05) is 7.05 Å². The number of hydrogen-bond donors (Lipinski definition) is 1. The molecule has 0 aliphatic heterocycles. The fourth-order valence-electron chi connectivity index (χ4n) is 2.36. The number of nitrogens with zero attached hydrogens (tertiary/aromatic N) is 1. The zero-order valence-electron chi connectivity index (χ0n) is 12.2. The van der Waals surface area contributed by atoms with Crippen LogP contribution in [0.5, 0.6) is 0 Å². The van der Waals surface area contributed by atoms with Crippen LogP contribution in [0.1, 0.15) is 33.0 Å². The zero-order chi connectivity index (χ0) is 14.9. The molecule has 0 aliphatic carbocycles. The van der Waals surface area contributed by atoms with Crippen molar-refractivity contribution in [1.82, 2.24) is 0 Å². The second-order valence-electron chi connectivity index (χ2n) is 5.14. The van der Waals surface area contributed by atoms with Gasteiger partial charge in [-0.25, -0.2) is 4.79 Å². The molecule has 4 heteroatoms. The van der Waals surface area contributed by atoms with Crippen LogP contribution in [0.25, 0.3) is 0 Å². The van der Waals surface area contributed by atoms with Crippen molar-refractivity contribution in [2.75, 3.05) is 11.9 Å². The fourth-order valence-corrected chi connectivity index (χ4v) is 2.36. The Bertz CT molecular complexity index is 643. The summed E-state index contributed by atoms with van der Waals surface area (Å²) in [4.78, 5) is 13.0. The Morgan fingerprint density at radius 2 is 1.95 bits per heavy atom. The lowest BCUT2D eigenvalue weighted by molar-refractivity contribution is 0.0661. The van der Waals surface area contributed by atoms with Crippen LogP contribution in [-0.4, -0.2) is 18.1 Å². The largest absolute Gasteiger partial charge is 0.475 e. The van der Waals surface area contributed by atoms with Crippen molar-refractivity contribution in [3.05, 3.63) is 52.5 Å². The van der Waals surface area contributed by atoms with Crippen LogP contribution in [0, 0.1) is 20.8 Å². The van der Waals surface area contributed by atoms with Crippen LogP contribution in [0.3, 0.4) is 0 Å². The quantitative estimate of drug-likeness (QED) is 0.925. The van der Waals surface area contributed by atoms with Gasteiger partial charge in [0.25, 0.3) is 0 Å². The summed E-state index contributed by atoms with van der Waals surface area (Å²) >= 11 is 0. The average Bonchev–Trinajstić information content (AvgIpc) is 2.71. The van der Waals surface area contributed by atoms with Crippen molar-refractivity contribution in [2.24, 2.45) is 0 Å². The topological polar surface area (TPSA) is 53.7 Å². The van der Waals surface area contributed by atoms with E-state index in [1.54, 1.807) is 13.0 Å². The summed E-state index contributed by atoms with van der Waals surface area (Å²) in [6, 6.07) is 7.89. The van der Waals surface area contributed by atoms with Gasteiger partial charge in [-0.2, -0.15) is 0 Å². The third-order valence-corrected chi connectivity index (χ3v) is 3.40. The van der Waals surface area contributed by atoms with Gasteiger partial charge in [0.15, 0.2) is 0 Å². The zero-order valence-corrected chi connectivity index (χ0v) is 12.2. The first kappa shape index (κ1) is 14.2. The highest BCUT2D eigenvalue weighted by Crippen LogP contribution is 2.23. The molecule has 1 heterocycles. The number of anilines is 1. The summed E-state index contributed by atoms with van der Waals surface area (Å²) in [5, 5.41) is 8.94. The predicted molar refractivity (Wildman–Crippen MR) is 78.4 cm³/mol. The minimum absolute atomic E-state index is 0.00784. The molecule has 0 bridgehead atoms. The van der Waals surface area contributed by atoms with Gasteiger partial charge in [-0.15, -0.1) is 0 Å². The molecule has 0 saturated heterocycles. The highest BCUT2D eigenvalue weighted by atomic mass is 16.4. The molecule has 20 heavy (non-hydrogen) atoms. The molecule has 0 spiro atoms. The van der Waals surface area contributed by atoms with Gasteiger partial charge in [0.2, 0.25) is 5.76 Å². The van der Waals surface area contributed by atoms with Crippen molar-refractivity contribution < 1.29 is 14.3 Å². The number of aromatic carboxylic acids is 1. The lowest BCUT2D eigenvalue weighted by Gasteiger charge is -2.21. The van der Waals surface area contributed by atoms with Crippen LogP contribution < -0.4 is 4.90 Å². The van der Waals surface area contributed by atoms with E-state index < -0.39 is 5.97 Å². The van der Waals surface area contributed by atoms with Gasteiger partial charge in [0.05, 0.1) is 0 Å². The Balaban J connectivity index is 2.23. The third-order valence-electron chi connectivity index (χ3n) is 3.40. The molecular weight excluding hydrogens is 254 g/mol. The van der Waals surface area contributed by atoms with E-state index in [9.17, 15) is 4.79 Å². The number of carboxylic acid groups (broad SMARTS) is 1. The summed E-state index contributed by atoms with van der Waals surface area (Å²) in [6.45, 7) is 6.55. The summed E-state index contributed by atoms with van der Waals surface area (Å²) in [5.74, 6) is -0.390. The maximum absolute atomic E-state index is 10.9. The molecule has 2 aromatic rings. The Kier molecular flexibility index (Phi) is 3.84. The highest BCUT2D eigenvalue weighted by Gasteiger charge is 2.15. The molecule has 0 unspecified atom stereocenters. The molecule has 106 valence electrons. The van der Waals surface area contributed by atoms with Crippen molar-refractivity contribution in [3.8, 4) is 0 Å². The molecule has 0 saturated carbocycles. The number of furan rings is 1. The number of rotatable bonds is 4. The van der Waals surface area contributed by atoms with E-state index in [4.69, 9.17) is 9.52 Å². The Labute approximate surface area is 118 Å². The fraction of sp³-hybridized carbons (Fsp3) is 0.312. The molecule has 0 amide bonds. The second kappa shape index (κ2) is 5.41. The molecule has 0 atom stereocenters. The van der Waals surface area contributed by atoms with E-state index in [-0.39, 0.29) is 5.76 Å². The predicted octanol–water partition coefficient (Wildman–Crippen LogP) is 3.54.